The maximum absolute atomic E-state index is 5.18. The van der Waals surface area contributed by atoms with Crippen molar-refractivity contribution < 1.29 is 4.74 Å². The number of hydrogen-bond acceptors (Lipinski definition) is 3. The summed E-state index contributed by atoms with van der Waals surface area (Å²) in [5.74, 6) is 0.682. The summed E-state index contributed by atoms with van der Waals surface area (Å²) in [7, 11) is 3.56. The Morgan fingerprint density at radius 1 is 1.46 bits per heavy atom. The van der Waals surface area contributed by atoms with Crippen LogP contribution in [0.2, 0.25) is 0 Å². The highest BCUT2D eigenvalue weighted by Gasteiger charge is 2.22. The number of methoxy groups -OCH3 is 1. The van der Waals surface area contributed by atoms with Gasteiger partial charge in [-0.05, 0) is 27.0 Å². The predicted molar refractivity (Wildman–Crippen MR) is 52.9 cm³/mol. The van der Waals surface area contributed by atoms with E-state index in [9.17, 15) is 0 Å². The molecule has 1 rings (SSSR count). The number of hydrogen-bond donors (Lipinski definition) is 1. The second kappa shape index (κ2) is 3.75. The fraction of sp³-hybridized carbons (Fsp3) is 0.500. The van der Waals surface area contributed by atoms with Gasteiger partial charge in [0.15, 0.2) is 0 Å². The Morgan fingerprint density at radius 3 is 2.69 bits per heavy atom. The van der Waals surface area contributed by atoms with Gasteiger partial charge in [0.25, 0.3) is 0 Å². The first-order valence-electron chi connectivity index (χ1n) is 4.30. The van der Waals surface area contributed by atoms with E-state index in [0.717, 1.165) is 5.56 Å². The molecular formula is C10H16N2O. The van der Waals surface area contributed by atoms with Gasteiger partial charge in [0.1, 0.15) is 0 Å². The first-order chi connectivity index (χ1) is 6.11. The molecule has 3 nitrogen and oxygen atoms in total. The third kappa shape index (κ3) is 1.98. The van der Waals surface area contributed by atoms with Gasteiger partial charge >= 0.3 is 0 Å². The number of ether oxygens (including phenoxy) is 1. The first-order valence-corrected chi connectivity index (χ1v) is 4.30. The van der Waals surface area contributed by atoms with Crippen LogP contribution in [0.15, 0.2) is 18.3 Å². The predicted octanol–water partition coefficient (Wildman–Crippen LogP) is 1.54. The van der Waals surface area contributed by atoms with Crippen LogP contribution in [0.25, 0.3) is 0 Å². The van der Waals surface area contributed by atoms with Crippen LogP contribution in [0.4, 0.5) is 0 Å². The molecule has 0 aliphatic heterocycles. The Balaban J connectivity index is 3.12. The van der Waals surface area contributed by atoms with E-state index in [4.69, 9.17) is 4.74 Å². The topological polar surface area (TPSA) is 34.2 Å². The highest BCUT2D eigenvalue weighted by atomic mass is 16.5. The van der Waals surface area contributed by atoms with Gasteiger partial charge in [-0.15, -0.1) is 0 Å². The average Bonchev–Trinajstić information content (AvgIpc) is 2.18. The fourth-order valence-corrected chi connectivity index (χ4v) is 1.16. The zero-order valence-electron chi connectivity index (χ0n) is 8.59. The van der Waals surface area contributed by atoms with Crippen molar-refractivity contribution in [2.45, 2.75) is 19.4 Å². The Kier molecular flexibility index (Phi) is 2.88. The summed E-state index contributed by atoms with van der Waals surface area (Å²) in [6, 6.07) is 3.93. The van der Waals surface area contributed by atoms with Crippen molar-refractivity contribution in [1.82, 2.24) is 10.3 Å². The lowest BCUT2D eigenvalue weighted by molar-refractivity contribution is 0.361. The van der Waals surface area contributed by atoms with E-state index in [1.54, 1.807) is 13.3 Å². The van der Waals surface area contributed by atoms with E-state index in [-0.39, 0.29) is 5.54 Å². The Hall–Kier alpha value is -1.09. The lowest BCUT2D eigenvalue weighted by Gasteiger charge is -2.25. The summed E-state index contributed by atoms with van der Waals surface area (Å²) in [6.07, 6.45) is 1.73. The van der Waals surface area contributed by atoms with Gasteiger partial charge in [0.05, 0.1) is 7.11 Å². The number of nitrogens with zero attached hydrogens (tertiary/aromatic N) is 1. The van der Waals surface area contributed by atoms with Crippen LogP contribution in [0.3, 0.4) is 0 Å². The van der Waals surface area contributed by atoms with Gasteiger partial charge in [-0.25, -0.2) is 4.98 Å². The van der Waals surface area contributed by atoms with Gasteiger partial charge < -0.3 is 10.1 Å². The number of pyridine rings is 1. The van der Waals surface area contributed by atoms with E-state index in [2.05, 4.69) is 24.1 Å². The first kappa shape index (κ1) is 9.99. The van der Waals surface area contributed by atoms with Crippen molar-refractivity contribution in [1.29, 1.82) is 0 Å². The van der Waals surface area contributed by atoms with Gasteiger partial charge in [-0.1, -0.05) is 6.07 Å². The molecule has 13 heavy (non-hydrogen) atoms. The molecule has 0 unspecified atom stereocenters. The summed E-state index contributed by atoms with van der Waals surface area (Å²) in [5.41, 5.74) is 0.958. The number of rotatable bonds is 3. The van der Waals surface area contributed by atoms with Crippen molar-refractivity contribution >= 4 is 0 Å². The zero-order valence-corrected chi connectivity index (χ0v) is 8.59. The summed E-state index contributed by atoms with van der Waals surface area (Å²) in [6.45, 7) is 4.18. The van der Waals surface area contributed by atoms with Crippen molar-refractivity contribution in [3.8, 4) is 5.88 Å². The molecule has 0 amide bonds. The number of aromatic nitrogens is 1. The molecule has 1 heterocycles. The van der Waals surface area contributed by atoms with E-state index in [1.165, 1.54) is 0 Å². The van der Waals surface area contributed by atoms with E-state index in [1.807, 2.05) is 19.2 Å². The normalized spacial score (nSPS) is 11.4. The molecule has 0 aromatic carbocycles. The highest BCUT2D eigenvalue weighted by molar-refractivity contribution is 5.31. The van der Waals surface area contributed by atoms with Crippen molar-refractivity contribution in [3.05, 3.63) is 23.9 Å². The average molecular weight is 180 g/mol. The van der Waals surface area contributed by atoms with E-state index >= 15 is 0 Å². The summed E-state index contributed by atoms with van der Waals surface area (Å²) >= 11 is 0. The minimum Gasteiger partial charge on any atom is -0.481 e. The molecule has 0 radical (unpaired) electrons. The Labute approximate surface area is 79.1 Å². The van der Waals surface area contributed by atoms with Crippen molar-refractivity contribution in [3.63, 3.8) is 0 Å². The molecular weight excluding hydrogens is 164 g/mol. The monoisotopic (exact) mass is 180 g/mol. The molecule has 0 aliphatic carbocycles. The molecule has 1 aromatic heterocycles. The van der Waals surface area contributed by atoms with Crippen LogP contribution in [0, 0.1) is 0 Å². The van der Waals surface area contributed by atoms with Crippen LogP contribution < -0.4 is 10.1 Å². The maximum atomic E-state index is 5.18. The molecule has 1 N–H and O–H groups in total. The minimum absolute atomic E-state index is 0.112. The van der Waals surface area contributed by atoms with Crippen molar-refractivity contribution in [2.75, 3.05) is 14.2 Å². The molecule has 0 saturated heterocycles. The molecule has 0 saturated carbocycles. The highest BCUT2D eigenvalue weighted by Crippen LogP contribution is 2.26. The molecule has 0 aliphatic rings. The molecule has 1 aromatic rings. The SMILES string of the molecule is CNC(C)(C)c1cccnc1OC. The van der Waals surface area contributed by atoms with Crippen LogP contribution >= 0.6 is 0 Å². The quantitative estimate of drug-likeness (QED) is 0.766. The van der Waals surface area contributed by atoms with E-state index in [0.29, 0.717) is 5.88 Å². The molecule has 0 atom stereocenters. The summed E-state index contributed by atoms with van der Waals surface area (Å²) in [4.78, 5) is 4.15. The van der Waals surface area contributed by atoms with Crippen LogP contribution in [-0.2, 0) is 5.54 Å². The lowest BCUT2D eigenvalue weighted by Crippen LogP contribution is -2.33. The third-order valence-corrected chi connectivity index (χ3v) is 2.26. The zero-order chi connectivity index (χ0) is 9.90. The Bertz CT molecular complexity index is 284. The maximum Gasteiger partial charge on any atom is 0.218 e. The lowest BCUT2D eigenvalue weighted by atomic mass is 9.96. The molecule has 0 fully saturated rings. The van der Waals surface area contributed by atoms with Crippen LogP contribution in [0.1, 0.15) is 19.4 Å². The molecule has 3 heteroatoms. The van der Waals surface area contributed by atoms with Gasteiger partial charge in [0.2, 0.25) is 5.88 Å². The third-order valence-electron chi connectivity index (χ3n) is 2.26. The summed E-state index contributed by atoms with van der Waals surface area (Å²) in [5, 5.41) is 3.21. The van der Waals surface area contributed by atoms with Crippen LogP contribution in [0.5, 0.6) is 5.88 Å². The standard InChI is InChI=1S/C10H16N2O/c1-10(2,11-3)8-6-5-7-12-9(8)13-4/h5-7,11H,1-4H3. The van der Waals surface area contributed by atoms with Crippen molar-refractivity contribution in [2.24, 2.45) is 0 Å². The minimum atomic E-state index is -0.112. The smallest absolute Gasteiger partial charge is 0.218 e. The fourth-order valence-electron chi connectivity index (χ4n) is 1.16. The van der Waals surface area contributed by atoms with E-state index < -0.39 is 0 Å². The summed E-state index contributed by atoms with van der Waals surface area (Å²) < 4.78 is 5.18. The van der Waals surface area contributed by atoms with Gasteiger partial charge in [-0.2, -0.15) is 0 Å². The second-order valence-corrected chi connectivity index (χ2v) is 3.44. The van der Waals surface area contributed by atoms with Gasteiger partial charge in [0, 0.05) is 17.3 Å². The Morgan fingerprint density at radius 2 is 2.15 bits per heavy atom. The molecule has 72 valence electrons. The number of nitrogens with one attached hydrogen (secondary N) is 1. The largest absolute Gasteiger partial charge is 0.481 e. The van der Waals surface area contributed by atoms with Gasteiger partial charge in [-0.3, -0.25) is 0 Å². The van der Waals surface area contributed by atoms with Crippen LogP contribution in [-0.4, -0.2) is 19.1 Å². The molecule has 0 bridgehead atoms. The second-order valence-electron chi connectivity index (χ2n) is 3.44. The molecule has 0 spiro atoms.